The molecule has 3 nitrogen and oxygen atoms in total. The third-order valence-corrected chi connectivity index (χ3v) is 3.67. The molecule has 110 valence electrons. The molecular weight excluding hydrogens is 272 g/mol. The largest absolute Gasteiger partial charge is 0.340 e. The van der Waals surface area contributed by atoms with Crippen molar-refractivity contribution in [2.45, 2.75) is 20.3 Å². The second-order valence-corrected chi connectivity index (χ2v) is 5.70. The van der Waals surface area contributed by atoms with Crippen molar-refractivity contribution in [3.63, 3.8) is 0 Å². The van der Waals surface area contributed by atoms with Crippen molar-refractivity contribution < 1.29 is 4.79 Å². The first-order valence-electron chi connectivity index (χ1n) is 7.26. The SMILES string of the molecule is C=C(C)c1cc2cc(-c3ccc(CC(C)=O)cc3)cnc2[nH]1. The Kier molecular flexibility index (Phi) is 3.63. The number of aromatic nitrogens is 2. The number of H-pyrrole nitrogens is 1. The molecule has 3 aromatic rings. The van der Waals surface area contributed by atoms with Gasteiger partial charge in [0.05, 0.1) is 0 Å². The van der Waals surface area contributed by atoms with E-state index < -0.39 is 0 Å². The van der Waals surface area contributed by atoms with Crippen LogP contribution in [0.3, 0.4) is 0 Å². The number of fused-ring (bicyclic) bond motifs is 1. The highest BCUT2D eigenvalue weighted by atomic mass is 16.1. The van der Waals surface area contributed by atoms with E-state index in [0.717, 1.165) is 39.0 Å². The zero-order chi connectivity index (χ0) is 15.7. The Morgan fingerprint density at radius 1 is 1.14 bits per heavy atom. The van der Waals surface area contributed by atoms with Gasteiger partial charge in [-0.05, 0) is 42.7 Å². The maximum Gasteiger partial charge on any atom is 0.137 e. The van der Waals surface area contributed by atoms with Crippen LogP contribution in [0.4, 0.5) is 0 Å². The van der Waals surface area contributed by atoms with Gasteiger partial charge in [0, 0.05) is 29.3 Å². The molecule has 1 aromatic carbocycles. The first-order chi connectivity index (χ1) is 10.5. The molecular formula is C19H18N2O. The van der Waals surface area contributed by atoms with Crippen LogP contribution in [-0.4, -0.2) is 15.8 Å². The van der Waals surface area contributed by atoms with Crippen molar-refractivity contribution in [1.29, 1.82) is 0 Å². The summed E-state index contributed by atoms with van der Waals surface area (Å²) in [5.41, 5.74) is 6.07. The van der Waals surface area contributed by atoms with Crippen LogP contribution in [0.15, 0.2) is 49.2 Å². The molecule has 0 saturated carbocycles. The van der Waals surface area contributed by atoms with Crippen LogP contribution in [-0.2, 0) is 11.2 Å². The molecule has 1 N–H and O–H groups in total. The van der Waals surface area contributed by atoms with Crippen molar-refractivity contribution in [3.05, 3.63) is 60.4 Å². The number of hydrogen-bond acceptors (Lipinski definition) is 2. The lowest BCUT2D eigenvalue weighted by Gasteiger charge is -2.03. The van der Waals surface area contributed by atoms with Crippen LogP contribution in [0.25, 0.3) is 27.7 Å². The minimum absolute atomic E-state index is 0.176. The monoisotopic (exact) mass is 290 g/mol. The molecule has 0 amide bonds. The van der Waals surface area contributed by atoms with Crippen molar-refractivity contribution in [2.24, 2.45) is 0 Å². The smallest absolute Gasteiger partial charge is 0.137 e. The van der Waals surface area contributed by atoms with Crippen LogP contribution in [0.5, 0.6) is 0 Å². The normalized spacial score (nSPS) is 10.8. The van der Waals surface area contributed by atoms with Crippen LogP contribution in [0.1, 0.15) is 25.1 Å². The number of allylic oxidation sites excluding steroid dienone is 1. The van der Waals surface area contributed by atoms with Crippen LogP contribution in [0, 0.1) is 0 Å². The molecule has 3 heteroatoms. The number of nitrogens with zero attached hydrogens (tertiary/aromatic N) is 1. The van der Waals surface area contributed by atoms with Gasteiger partial charge in [-0.3, -0.25) is 4.79 Å². The molecule has 22 heavy (non-hydrogen) atoms. The number of nitrogens with one attached hydrogen (secondary N) is 1. The molecule has 0 aliphatic heterocycles. The Labute approximate surface area is 129 Å². The van der Waals surface area contributed by atoms with Crippen LogP contribution >= 0.6 is 0 Å². The summed E-state index contributed by atoms with van der Waals surface area (Å²) in [7, 11) is 0. The number of hydrogen-bond donors (Lipinski definition) is 1. The second-order valence-electron chi connectivity index (χ2n) is 5.70. The summed E-state index contributed by atoms with van der Waals surface area (Å²) >= 11 is 0. The predicted octanol–water partition coefficient (Wildman–Crippen LogP) is 4.39. The lowest BCUT2D eigenvalue weighted by atomic mass is 10.0. The number of pyridine rings is 1. The summed E-state index contributed by atoms with van der Waals surface area (Å²) in [6.45, 7) is 7.53. The highest BCUT2D eigenvalue weighted by Crippen LogP contribution is 2.25. The van der Waals surface area contributed by atoms with Crippen LogP contribution < -0.4 is 0 Å². The molecule has 0 unspecified atom stereocenters. The fraction of sp³-hybridized carbons (Fsp3) is 0.158. The van der Waals surface area contributed by atoms with Gasteiger partial charge in [-0.25, -0.2) is 4.98 Å². The molecule has 0 saturated heterocycles. The van der Waals surface area contributed by atoms with Crippen molar-refractivity contribution in [3.8, 4) is 11.1 Å². The van der Waals surface area contributed by atoms with E-state index in [-0.39, 0.29) is 5.78 Å². The summed E-state index contributed by atoms with van der Waals surface area (Å²) in [5, 5.41) is 1.07. The number of Topliss-reactive ketones (excluding diaryl/α,β-unsaturated/α-hetero) is 1. The zero-order valence-electron chi connectivity index (χ0n) is 12.8. The number of aromatic amines is 1. The van der Waals surface area contributed by atoms with Gasteiger partial charge in [-0.2, -0.15) is 0 Å². The molecule has 2 heterocycles. The first kappa shape index (κ1) is 14.3. The number of benzene rings is 1. The van der Waals surface area contributed by atoms with E-state index >= 15 is 0 Å². The van der Waals surface area contributed by atoms with Gasteiger partial charge in [-0.15, -0.1) is 0 Å². The quantitative estimate of drug-likeness (QED) is 0.774. The topological polar surface area (TPSA) is 45.8 Å². The van der Waals surface area contributed by atoms with Crippen molar-refractivity contribution >= 4 is 22.4 Å². The molecule has 0 aliphatic carbocycles. The molecule has 0 aliphatic rings. The number of carbonyl (C=O) groups is 1. The Morgan fingerprint density at radius 2 is 1.86 bits per heavy atom. The highest BCUT2D eigenvalue weighted by Gasteiger charge is 2.06. The standard InChI is InChI=1S/C19H18N2O/c1-12(2)18-10-16-9-17(11-20-19(16)21-18)15-6-4-14(5-7-15)8-13(3)22/h4-7,9-11H,1,8H2,2-3H3,(H,20,21). The van der Waals surface area contributed by atoms with Gasteiger partial charge >= 0.3 is 0 Å². The maximum absolute atomic E-state index is 11.2. The minimum atomic E-state index is 0.176. The van der Waals surface area contributed by atoms with Gasteiger partial charge < -0.3 is 4.98 Å². The molecule has 3 rings (SSSR count). The lowest BCUT2D eigenvalue weighted by molar-refractivity contribution is -0.116. The van der Waals surface area contributed by atoms with Gasteiger partial charge in [0.25, 0.3) is 0 Å². The third-order valence-electron chi connectivity index (χ3n) is 3.67. The Bertz CT molecular complexity index is 857. The Hall–Kier alpha value is -2.68. The average molecular weight is 290 g/mol. The van der Waals surface area contributed by atoms with E-state index in [4.69, 9.17) is 0 Å². The van der Waals surface area contributed by atoms with E-state index in [1.54, 1.807) is 6.92 Å². The number of carbonyl (C=O) groups excluding carboxylic acids is 1. The zero-order valence-corrected chi connectivity index (χ0v) is 12.8. The average Bonchev–Trinajstić information content (AvgIpc) is 2.90. The van der Waals surface area contributed by atoms with Crippen molar-refractivity contribution in [1.82, 2.24) is 9.97 Å². The molecule has 0 bridgehead atoms. The van der Waals surface area contributed by atoms with Gasteiger partial charge in [0.1, 0.15) is 11.4 Å². The summed E-state index contributed by atoms with van der Waals surface area (Å²) in [5.74, 6) is 0.176. The molecule has 0 atom stereocenters. The van der Waals surface area contributed by atoms with Gasteiger partial charge in [-0.1, -0.05) is 30.8 Å². The summed E-state index contributed by atoms with van der Waals surface area (Å²) in [6, 6.07) is 12.2. The predicted molar refractivity (Wildman–Crippen MR) is 90.6 cm³/mol. The number of rotatable bonds is 4. The van der Waals surface area contributed by atoms with Crippen LogP contribution in [0.2, 0.25) is 0 Å². The lowest BCUT2D eigenvalue weighted by Crippen LogP contribution is -1.95. The van der Waals surface area contributed by atoms with E-state index in [1.807, 2.05) is 37.4 Å². The Morgan fingerprint density at radius 3 is 2.50 bits per heavy atom. The van der Waals surface area contributed by atoms with Crippen molar-refractivity contribution in [2.75, 3.05) is 0 Å². The minimum Gasteiger partial charge on any atom is -0.340 e. The van der Waals surface area contributed by atoms with E-state index in [1.165, 1.54) is 0 Å². The summed E-state index contributed by atoms with van der Waals surface area (Å²) in [6.07, 6.45) is 2.35. The highest BCUT2D eigenvalue weighted by molar-refractivity contribution is 5.85. The van der Waals surface area contributed by atoms with Gasteiger partial charge in [0.2, 0.25) is 0 Å². The fourth-order valence-electron chi connectivity index (χ4n) is 2.51. The number of ketones is 1. The third kappa shape index (κ3) is 2.84. The second kappa shape index (κ2) is 5.60. The van der Waals surface area contributed by atoms with Gasteiger partial charge in [0.15, 0.2) is 0 Å². The van der Waals surface area contributed by atoms with E-state index in [9.17, 15) is 4.79 Å². The molecule has 0 fully saturated rings. The molecule has 0 spiro atoms. The maximum atomic E-state index is 11.2. The molecule has 0 radical (unpaired) electrons. The molecule has 2 aromatic heterocycles. The first-order valence-corrected chi connectivity index (χ1v) is 7.26. The van der Waals surface area contributed by atoms with E-state index in [2.05, 4.69) is 28.7 Å². The Balaban J connectivity index is 1.95. The summed E-state index contributed by atoms with van der Waals surface area (Å²) in [4.78, 5) is 18.9. The summed E-state index contributed by atoms with van der Waals surface area (Å²) < 4.78 is 0. The fourth-order valence-corrected chi connectivity index (χ4v) is 2.51. The van der Waals surface area contributed by atoms with E-state index in [0.29, 0.717) is 6.42 Å².